The van der Waals surface area contributed by atoms with E-state index in [-0.39, 0.29) is 10.8 Å². The molecule has 1 aromatic carbocycles. The summed E-state index contributed by atoms with van der Waals surface area (Å²) in [7, 11) is -1.73. The molecule has 0 saturated carbocycles. The first-order valence-corrected chi connectivity index (χ1v) is 9.31. The van der Waals surface area contributed by atoms with Crippen molar-refractivity contribution < 1.29 is 22.7 Å². The number of benzene rings is 1. The predicted molar refractivity (Wildman–Crippen MR) is 85.8 cm³/mol. The predicted octanol–water partition coefficient (Wildman–Crippen LogP) is 1.10. The fraction of sp³-hybridized carbons (Fsp3) is 0.562. The van der Waals surface area contributed by atoms with E-state index in [0.717, 1.165) is 12.7 Å². The van der Waals surface area contributed by atoms with Crippen LogP contribution in [0.4, 0.5) is 0 Å². The maximum absolute atomic E-state index is 12.1. The van der Waals surface area contributed by atoms with E-state index in [4.69, 9.17) is 15.2 Å². The van der Waals surface area contributed by atoms with E-state index in [1.807, 2.05) is 6.92 Å². The smallest absolute Gasteiger partial charge is 0.227 e. The van der Waals surface area contributed by atoms with Crippen molar-refractivity contribution in [2.75, 3.05) is 26.6 Å². The Bertz CT molecular complexity index is 664. The number of nitrogens with two attached hydrogens (primary N) is 1. The molecule has 1 aromatic rings. The third kappa shape index (κ3) is 3.57. The highest BCUT2D eigenvalue weighted by atomic mass is 32.2. The first-order chi connectivity index (χ1) is 10.7. The van der Waals surface area contributed by atoms with E-state index in [9.17, 15) is 13.2 Å². The molecule has 1 heterocycles. The first-order valence-electron chi connectivity index (χ1n) is 7.42. The third-order valence-corrected chi connectivity index (χ3v) is 5.81. The number of amides is 1. The van der Waals surface area contributed by atoms with Crippen molar-refractivity contribution in [1.29, 1.82) is 0 Å². The molecule has 0 bridgehead atoms. The number of hydrogen-bond acceptors (Lipinski definition) is 5. The second-order valence-electron chi connectivity index (χ2n) is 6.13. The lowest BCUT2D eigenvalue weighted by atomic mass is 9.74. The Labute approximate surface area is 136 Å². The number of hydrogen-bond donors (Lipinski definition) is 1. The van der Waals surface area contributed by atoms with Crippen LogP contribution < -0.4 is 5.73 Å². The van der Waals surface area contributed by atoms with E-state index < -0.39 is 27.3 Å². The number of carbonyl (C=O) groups is 1. The molecule has 1 fully saturated rings. The summed E-state index contributed by atoms with van der Waals surface area (Å²) in [5.41, 5.74) is 5.47. The second-order valence-corrected chi connectivity index (χ2v) is 8.14. The maximum atomic E-state index is 12.1. The summed E-state index contributed by atoms with van der Waals surface area (Å²) in [4.78, 5) is 12.3. The minimum Gasteiger partial charge on any atom is -0.381 e. The molecule has 3 unspecified atom stereocenters. The molecule has 128 valence electrons. The quantitative estimate of drug-likeness (QED) is 0.836. The zero-order chi connectivity index (χ0) is 17.3. The summed E-state index contributed by atoms with van der Waals surface area (Å²) in [6, 6.07) is 6.22. The minimum atomic E-state index is -3.29. The Kier molecular flexibility index (Phi) is 5.13. The van der Waals surface area contributed by atoms with Crippen LogP contribution in [0.2, 0.25) is 0 Å². The van der Waals surface area contributed by atoms with Gasteiger partial charge in [-0.1, -0.05) is 12.1 Å². The van der Waals surface area contributed by atoms with Crippen LogP contribution in [-0.4, -0.2) is 46.5 Å². The molecule has 1 aliphatic rings. The lowest BCUT2D eigenvalue weighted by Crippen LogP contribution is -2.48. The molecule has 1 saturated heterocycles. The molecule has 23 heavy (non-hydrogen) atoms. The van der Waals surface area contributed by atoms with Gasteiger partial charge in [0.15, 0.2) is 9.84 Å². The number of ether oxygens (including phenoxy) is 2. The highest BCUT2D eigenvalue weighted by Gasteiger charge is 2.47. The second kappa shape index (κ2) is 6.59. The van der Waals surface area contributed by atoms with E-state index in [1.54, 1.807) is 19.2 Å². The Morgan fingerprint density at radius 2 is 2.00 bits per heavy atom. The van der Waals surface area contributed by atoms with Gasteiger partial charge in [0, 0.05) is 25.9 Å². The Morgan fingerprint density at radius 1 is 1.39 bits per heavy atom. The molecule has 0 radical (unpaired) electrons. The van der Waals surface area contributed by atoms with Crippen molar-refractivity contribution >= 4 is 15.7 Å². The Hall–Kier alpha value is -1.44. The summed E-state index contributed by atoms with van der Waals surface area (Å²) in [5, 5.41) is 0. The molecule has 0 aromatic heterocycles. The van der Waals surface area contributed by atoms with Crippen molar-refractivity contribution in [3.8, 4) is 0 Å². The number of carbonyl (C=O) groups excluding carboxylic acids is 1. The van der Waals surface area contributed by atoms with Crippen LogP contribution in [0.3, 0.4) is 0 Å². The van der Waals surface area contributed by atoms with Crippen LogP contribution in [0, 0.1) is 5.92 Å². The van der Waals surface area contributed by atoms with Gasteiger partial charge in [-0.2, -0.15) is 0 Å². The fourth-order valence-corrected chi connectivity index (χ4v) is 3.82. The molecule has 2 N–H and O–H groups in total. The van der Waals surface area contributed by atoms with Crippen LogP contribution in [0.15, 0.2) is 29.2 Å². The minimum absolute atomic E-state index is 0.0413. The standard InChI is InChI=1S/C16H23NO5S/c1-16(21-2,12-8-9-22-10-12)14(15(17)18)11-4-6-13(7-5-11)23(3,19)20/h4-7,12,14H,8-10H2,1-3H3,(H2,17,18). The van der Waals surface area contributed by atoms with Gasteiger partial charge in [0.2, 0.25) is 5.91 Å². The average molecular weight is 341 g/mol. The molecule has 3 atom stereocenters. The van der Waals surface area contributed by atoms with Gasteiger partial charge < -0.3 is 15.2 Å². The highest BCUT2D eigenvalue weighted by molar-refractivity contribution is 7.90. The molecule has 6 nitrogen and oxygen atoms in total. The molecule has 7 heteroatoms. The Morgan fingerprint density at radius 3 is 2.39 bits per heavy atom. The van der Waals surface area contributed by atoms with Crippen LogP contribution in [0.25, 0.3) is 0 Å². The zero-order valence-corrected chi connectivity index (χ0v) is 14.4. The van der Waals surface area contributed by atoms with Gasteiger partial charge in [-0.3, -0.25) is 4.79 Å². The van der Waals surface area contributed by atoms with Crippen molar-refractivity contribution in [2.24, 2.45) is 11.7 Å². The summed E-state index contributed by atoms with van der Waals surface area (Å²) in [6.45, 7) is 2.99. The van der Waals surface area contributed by atoms with Crippen LogP contribution >= 0.6 is 0 Å². The molecule has 1 aliphatic heterocycles. The number of rotatable bonds is 6. The number of sulfone groups is 1. The summed E-state index contributed by atoms with van der Waals surface area (Å²) >= 11 is 0. The van der Waals surface area contributed by atoms with Crippen molar-refractivity contribution in [2.45, 2.75) is 29.8 Å². The Balaban J connectivity index is 2.43. The largest absolute Gasteiger partial charge is 0.381 e. The summed E-state index contributed by atoms with van der Waals surface area (Å²) in [6.07, 6.45) is 1.93. The third-order valence-electron chi connectivity index (χ3n) is 4.68. The van der Waals surface area contributed by atoms with Crippen LogP contribution in [0.1, 0.15) is 24.8 Å². The van der Waals surface area contributed by atoms with E-state index >= 15 is 0 Å². The van der Waals surface area contributed by atoms with Gasteiger partial charge in [-0.05, 0) is 31.0 Å². The number of primary amides is 1. The molecule has 1 amide bonds. The molecule has 0 aliphatic carbocycles. The zero-order valence-electron chi connectivity index (χ0n) is 13.6. The van der Waals surface area contributed by atoms with Gasteiger partial charge >= 0.3 is 0 Å². The molecular weight excluding hydrogens is 318 g/mol. The normalized spacial score (nSPS) is 22.5. The van der Waals surface area contributed by atoms with Gasteiger partial charge in [0.25, 0.3) is 0 Å². The van der Waals surface area contributed by atoms with Gasteiger partial charge in [0.1, 0.15) is 0 Å². The van der Waals surface area contributed by atoms with E-state index in [0.29, 0.717) is 18.8 Å². The van der Waals surface area contributed by atoms with Gasteiger partial charge in [-0.25, -0.2) is 8.42 Å². The maximum Gasteiger partial charge on any atom is 0.227 e. The highest BCUT2D eigenvalue weighted by Crippen LogP contribution is 2.40. The van der Waals surface area contributed by atoms with E-state index in [2.05, 4.69) is 0 Å². The molecule has 2 rings (SSSR count). The summed E-state index contributed by atoms with van der Waals surface area (Å²) in [5.74, 6) is -1.15. The van der Waals surface area contributed by atoms with Crippen molar-refractivity contribution in [3.05, 3.63) is 29.8 Å². The van der Waals surface area contributed by atoms with Crippen molar-refractivity contribution in [1.82, 2.24) is 0 Å². The fourth-order valence-electron chi connectivity index (χ4n) is 3.19. The molecular formula is C16H23NO5S. The lowest BCUT2D eigenvalue weighted by Gasteiger charge is -2.39. The van der Waals surface area contributed by atoms with Crippen LogP contribution in [-0.2, 0) is 24.1 Å². The SMILES string of the molecule is COC(C)(C1CCOC1)C(C(N)=O)c1ccc(S(C)(=O)=O)cc1. The molecule has 0 spiro atoms. The van der Waals surface area contributed by atoms with Crippen molar-refractivity contribution in [3.63, 3.8) is 0 Å². The monoisotopic (exact) mass is 341 g/mol. The first kappa shape index (κ1) is 17.9. The summed E-state index contributed by atoms with van der Waals surface area (Å²) < 4.78 is 34.3. The topological polar surface area (TPSA) is 95.7 Å². The van der Waals surface area contributed by atoms with E-state index in [1.165, 1.54) is 12.1 Å². The average Bonchev–Trinajstić information content (AvgIpc) is 3.01. The van der Waals surface area contributed by atoms with Gasteiger partial charge in [-0.15, -0.1) is 0 Å². The van der Waals surface area contributed by atoms with Gasteiger partial charge in [0.05, 0.1) is 23.0 Å². The lowest BCUT2D eigenvalue weighted by molar-refractivity contribution is -0.131. The van der Waals surface area contributed by atoms with Crippen LogP contribution in [0.5, 0.6) is 0 Å². The number of methoxy groups -OCH3 is 1.